The van der Waals surface area contributed by atoms with Gasteiger partial charge in [-0.25, -0.2) is 0 Å². The van der Waals surface area contributed by atoms with Crippen LogP contribution in [0.5, 0.6) is 0 Å². The van der Waals surface area contributed by atoms with Gasteiger partial charge in [0.25, 0.3) is 5.91 Å². The third kappa shape index (κ3) is 2.50. The molecule has 0 bridgehead atoms. The van der Waals surface area contributed by atoms with Crippen LogP contribution in [0.1, 0.15) is 11.3 Å². The molecular weight excluding hydrogens is 194 g/mol. The Morgan fingerprint density at radius 3 is 2.87 bits per heavy atom. The number of carbonyl (C=O) groups excluding carboxylic acids is 1. The number of anilines is 1. The lowest BCUT2D eigenvalue weighted by molar-refractivity contribution is -0.116. The van der Waals surface area contributed by atoms with Crippen molar-refractivity contribution in [2.45, 2.75) is 6.92 Å². The zero-order valence-electron chi connectivity index (χ0n) is 8.40. The molecule has 0 saturated carbocycles. The maximum absolute atomic E-state index is 10.9. The largest absolute Gasteiger partial charge is 0.398 e. The van der Waals surface area contributed by atoms with E-state index in [1.54, 1.807) is 13.0 Å². The Morgan fingerprint density at radius 2 is 2.27 bits per heavy atom. The number of hydrogen-bond acceptors (Lipinski definition) is 4. The quantitative estimate of drug-likeness (QED) is 0.431. The summed E-state index contributed by atoms with van der Waals surface area (Å²) in [6.07, 6.45) is 1.51. The Kier molecular flexibility index (Phi) is 3.35. The summed E-state index contributed by atoms with van der Waals surface area (Å²) >= 11 is 0. The average Bonchev–Trinajstić information content (AvgIpc) is 2.21. The molecule has 0 saturated heterocycles. The van der Waals surface area contributed by atoms with Crippen LogP contribution in [0.3, 0.4) is 0 Å². The Balaban J connectivity index is 3.11. The fourth-order valence-electron chi connectivity index (χ4n) is 1.04. The lowest BCUT2D eigenvalue weighted by Crippen LogP contribution is -2.22. The standard InChI is InChI=1S/C9H13N5O/c1-5-6(11)2-3-13-8(5)9(12)14-7(15)4-10/h2-3H,4,10H2,1H3,(H2,11,13)(H2,12,14,15). The Morgan fingerprint density at radius 1 is 1.60 bits per heavy atom. The van der Waals surface area contributed by atoms with Gasteiger partial charge in [0, 0.05) is 17.4 Å². The number of nitrogens with zero attached hydrogens (tertiary/aromatic N) is 2. The van der Waals surface area contributed by atoms with Crippen molar-refractivity contribution >= 4 is 17.4 Å². The van der Waals surface area contributed by atoms with Crippen molar-refractivity contribution in [3.05, 3.63) is 23.5 Å². The number of rotatable bonds is 2. The second-order valence-corrected chi connectivity index (χ2v) is 2.97. The third-order valence-corrected chi connectivity index (χ3v) is 1.91. The number of hydrogen-bond donors (Lipinski definition) is 3. The van der Waals surface area contributed by atoms with Gasteiger partial charge in [-0.05, 0) is 13.0 Å². The summed E-state index contributed by atoms with van der Waals surface area (Å²) < 4.78 is 0. The van der Waals surface area contributed by atoms with E-state index in [1.165, 1.54) is 6.20 Å². The lowest BCUT2D eigenvalue weighted by Gasteiger charge is -2.05. The van der Waals surface area contributed by atoms with Gasteiger partial charge in [-0.1, -0.05) is 0 Å². The van der Waals surface area contributed by atoms with Crippen LogP contribution in [0.15, 0.2) is 17.3 Å². The number of amides is 1. The van der Waals surface area contributed by atoms with E-state index < -0.39 is 5.91 Å². The number of nitrogens with two attached hydrogens (primary N) is 3. The van der Waals surface area contributed by atoms with Crippen LogP contribution in [0.2, 0.25) is 0 Å². The van der Waals surface area contributed by atoms with Crippen LogP contribution >= 0.6 is 0 Å². The molecular formula is C9H13N5O. The number of nitrogen functional groups attached to an aromatic ring is 1. The molecule has 6 heteroatoms. The molecule has 0 atom stereocenters. The van der Waals surface area contributed by atoms with Gasteiger partial charge in [0.1, 0.15) is 5.69 Å². The van der Waals surface area contributed by atoms with E-state index in [9.17, 15) is 4.79 Å². The van der Waals surface area contributed by atoms with Crippen molar-refractivity contribution in [1.82, 2.24) is 4.98 Å². The second-order valence-electron chi connectivity index (χ2n) is 2.97. The monoisotopic (exact) mass is 207 g/mol. The molecule has 6 N–H and O–H groups in total. The molecule has 0 fully saturated rings. The summed E-state index contributed by atoms with van der Waals surface area (Å²) in [5.74, 6) is -0.452. The van der Waals surface area contributed by atoms with Crippen molar-refractivity contribution in [1.29, 1.82) is 0 Å². The first kappa shape index (κ1) is 11.1. The van der Waals surface area contributed by atoms with Crippen molar-refractivity contribution < 1.29 is 4.79 Å². The predicted molar refractivity (Wildman–Crippen MR) is 58.2 cm³/mol. The molecule has 0 radical (unpaired) electrons. The summed E-state index contributed by atoms with van der Waals surface area (Å²) in [5, 5.41) is 0. The van der Waals surface area contributed by atoms with Crippen LogP contribution < -0.4 is 17.2 Å². The highest BCUT2D eigenvalue weighted by atomic mass is 16.1. The first-order valence-electron chi connectivity index (χ1n) is 4.34. The number of aliphatic imine (C=N–C) groups is 1. The third-order valence-electron chi connectivity index (χ3n) is 1.91. The molecule has 0 aliphatic heterocycles. The molecule has 80 valence electrons. The van der Waals surface area contributed by atoms with E-state index in [1.807, 2.05) is 0 Å². The highest BCUT2D eigenvalue weighted by Gasteiger charge is 2.08. The lowest BCUT2D eigenvalue weighted by atomic mass is 10.1. The Labute approximate surface area is 87.2 Å². The molecule has 15 heavy (non-hydrogen) atoms. The fourth-order valence-corrected chi connectivity index (χ4v) is 1.04. The molecule has 0 aromatic carbocycles. The van der Waals surface area contributed by atoms with Gasteiger partial charge in [-0.3, -0.25) is 9.78 Å². The fraction of sp³-hybridized carbons (Fsp3) is 0.222. The smallest absolute Gasteiger partial charge is 0.261 e. The van der Waals surface area contributed by atoms with Gasteiger partial charge >= 0.3 is 0 Å². The Bertz CT molecular complexity index is 413. The van der Waals surface area contributed by atoms with Crippen LogP contribution in [-0.2, 0) is 4.79 Å². The number of aromatic nitrogens is 1. The molecule has 1 amide bonds. The summed E-state index contributed by atoms with van der Waals surface area (Å²) in [7, 11) is 0. The SMILES string of the molecule is Cc1c(N)ccnc1C(N)=NC(=O)CN. The summed E-state index contributed by atoms with van der Waals surface area (Å²) in [6, 6.07) is 1.65. The molecule has 0 spiro atoms. The molecule has 0 aliphatic carbocycles. The van der Waals surface area contributed by atoms with Crippen molar-refractivity contribution in [3.8, 4) is 0 Å². The zero-order valence-corrected chi connectivity index (χ0v) is 8.40. The van der Waals surface area contributed by atoms with Crippen LogP contribution in [0.25, 0.3) is 0 Å². The molecule has 6 nitrogen and oxygen atoms in total. The van der Waals surface area contributed by atoms with Crippen LogP contribution in [-0.4, -0.2) is 23.3 Å². The first-order chi connectivity index (χ1) is 7.06. The van der Waals surface area contributed by atoms with E-state index in [2.05, 4.69) is 9.98 Å². The molecule has 1 aromatic heterocycles. The predicted octanol–water partition coefficient (Wildman–Crippen LogP) is -0.837. The van der Waals surface area contributed by atoms with Crippen molar-refractivity contribution in [3.63, 3.8) is 0 Å². The van der Waals surface area contributed by atoms with Crippen molar-refractivity contribution in [2.24, 2.45) is 16.5 Å². The average molecular weight is 207 g/mol. The maximum Gasteiger partial charge on any atom is 0.261 e. The van der Waals surface area contributed by atoms with E-state index in [4.69, 9.17) is 17.2 Å². The summed E-state index contributed by atoms with van der Waals surface area (Å²) in [5.41, 5.74) is 18.0. The normalized spacial score (nSPS) is 11.5. The first-order valence-corrected chi connectivity index (χ1v) is 4.34. The summed E-state index contributed by atoms with van der Waals surface area (Å²) in [6.45, 7) is 1.58. The number of amidine groups is 1. The summed E-state index contributed by atoms with van der Waals surface area (Å²) in [4.78, 5) is 18.5. The molecule has 0 aliphatic rings. The number of pyridine rings is 1. The van der Waals surface area contributed by atoms with Gasteiger partial charge in [0.15, 0.2) is 5.84 Å². The van der Waals surface area contributed by atoms with E-state index in [0.717, 1.165) is 0 Å². The Hall–Kier alpha value is -1.95. The van der Waals surface area contributed by atoms with Gasteiger partial charge in [0.05, 0.1) is 6.54 Å². The topological polar surface area (TPSA) is 120 Å². The highest BCUT2D eigenvalue weighted by molar-refractivity contribution is 6.04. The minimum Gasteiger partial charge on any atom is -0.398 e. The van der Waals surface area contributed by atoms with Gasteiger partial charge < -0.3 is 17.2 Å². The highest BCUT2D eigenvalue weighted by Crippen LogP contribution is 2.12. The van der Waals surface area contributed by atoms with Gasteiger partial charge in [0.2, 0.25) is 0 Å². The zero-order chi connectivity index (χ0) is 11.4. The van der Waals surface area contributed by atoms with Gasteiger partial charge in [-0.15, -0.1) is 0 Å². The molecule has 0 unspecified atom stereocenters. The molecule has 1 rings (SSSR count). The van der Waals surface area contributed by atoms with Crippen molar-refractivity contribution in [2.75, 3.05) is 12.3 Å². The van der Waals surface area contributed by atoms with Crippen LogP contribution in [0.4, 0.5) is 5.69 Å². The van der Waals surface area contributed by atoms with Crippen LogP contribution in [0, 0.1) is 6.92 Å². The second kappa shape index (κ2) is 4.52. The maximum atomic E-state index is 10.9. The minimum absolute atomic E-state index is 0.0373. The van der Waals surface area contributed by atoms with Gasteiger partial charge in [-0.2, -0.15) is 4.99 Å². The molecule has 1 heterocycles. The molecule has 1 aromatic rings. The van der Waals surface area contributed by atoms with E-state index >= 15 is 0 Å². The number of carbonyl (C=O) groups is 1. The van der Waals surface area contributed by atoms with E-state index in [0.29, 0.717) is 16.9 Å². The van der Waals surface area contributed by atoms with E-state index in [-0.39, 0.29) is 12.4 Å². The minimum atomic E-state index is -0.490.